The second-order valence-electron chi connectivity index (χ2n) is 11.5. The van der Waals surface area contributed by atoms with Crippen molar-refractivity contribution in [3.8, 4) is 11.3 Å². The van der Waals surface area contributed by atoms with Crippen molar-refractivity contribution in [1.29, 1.82) is 0 Å². The molecule has 1 aliphatic carbocycles. The number of carbonyl (C=O) groups is 1. The molecule has 0 bridgehead atoms. The molecule has 41 heavy (non-hydrogen) atoms. The summed E-state index contributed by atoms with van der Waals surface area (Å²) in [5.74, 6) is 1.52. The zero-order valence-electron chi connectivity index (χ0n) is 24.8. The Bertz CT molecular complexity index is 1300. The Balaban J connectivity index is 1.34. The number of fused-ring (bicyclic) bond motifs is 1. The number of rotatable bonds is 9. The summed E-state index contributed by atoms with van der Waals surface area (Å²) in [7, 11) is 3.65. The lowest BCUT2D eigenvalue weighted by Crippen LogP contribution is -2.49. The van der Waals surface area contributed by atoms with Crippen LogP contribution in [-0.4, -0.2) is 94.5 Å². The number of hydrogen-bond acceptors (Lipinski definition) is 8. The number of piperazine rings is 1. The van der Waals surface area contributed by atoms with Crippen LogP contribution in [0.5, 0.6) is 0 Å². The van der Waals surface area contributed by atoms with E-state index in [4.69, 9.17) is 19.7 Å². The Morgan fingerprint density at radius 2 is 1.83 bits per heavy atom. The molecular weight excluding hydrogens is 520 g/mol. The number of aromatic nitrogens is 3. The minimum absolute atomic E-state index is 0.0641. The van der Waals surface area contributed by atoms with Crippen molar-refractivity contribution in [3.63, 3.8) is 0 Å². The van der Waals surface area contributed by atoms with E-state index in [1.165, 1.54) is 33.0 Å². The number of hydroxylamine groups is 1. The van der Waals surface area contributed by atoms with Crippen LogP contribution in [-0.2, 0) is 9.57 Å². The fourth-order valence-corrected chi connectivity index (χ4v) is 6.29. The number of aliphatic hydroxyl groups is 1. The molecule has 1 aliphatic heterocycles. The van der Waals surface area contributed by atoms with E-state index in [1.54, 1.807) is 6.92 Å². The fraction of sp³-hybridized carbons (Fsp3) is 0.581. The van der Waals surface area contributed by atoms with Crippen LogP contribution < -0.4 is 5.06 Å². The highest BCUT2D eigenvalue weighted by Crippen LogP contribution is 2.38. The summed E-state index contributed by atoms with van der Waals surface area (Å²) in [6.45, 7) is 8.56. The number of hydrogen-bond donors (Lipinski definition) is 1. The van der Waals surface area contributed by atoms with Crippen molar-refractivity contribution in [3.05, 3.63) is 48.2 Å². The maximum absolute atomic E-state index is 12.7. The zero-order valence-corrected chi connectivity index (χ0v) is 24.8. The number of benzene rings is 1. The molecule has 10 heteroatoms. The fourth-order valence-electron chi connectivity index (χ4n) is 6.29. The molecule has 1 atom stereocenters. The summed E-state index contributed by atoms with van der Waals surface area (Å²) in [5, 5.41) is 10.2. The zero-order chi connectivity index (χ0) is 28.9. The summed E-state index contributed by atoms with van der Waals surface area (Å²) in [6, 6.07) is 8.29. The minimum Gasteiger partial charge on any atom is -0.445 e. The third-order valence-corrected chi connectivity index (χ3v) is 8.68. The van der Waals surface area contributed by atoms with Gasteiger partial charge in [0.1, 0.15) is 11.9 Å². The Labute approximate surface area is 242 Å². The molecule has 2 aliphatic rings. The largest absolute Gasteiger partial charge is 0.445 e. The maximum Gasteiger partial charge on any atom is 0.439 e. The van der Waals surface area contributed by atoms with Gasteiger partial charge in [0, 0.05) is 62.7 Å². The van der Waals surface area contributed by atoms with Crippen LogP contribution in [0.3, 0.4) is 0 Å². The van der Waals surface area contributed by atoms with E-state index >= 15 is 0 Å². The number of likely N-dealkylation sites (N-methyl/N-ethyl adjacent to an activating group) is 1. The highest BCUT2D eigenvalue weighted by atomic mass is 16.7. The van der Waals surface area contributed by atoms with Gasteiger partial charge >= 0.3 is 6.09 Å². The van der Waals surface area contributed by atoms with Crippen molar-refractivity contribution in [2.24, 2.45) is 0 Å². The van der Waals surface area contributed by atoms with Gasteiger partial charge in [-0.25, -0.2) is 9.78 Å². The molecule has 1 aromatic carbocycles. The van der Waals surface area contributed by atoms with E-state index in [0.29, 0.717) is 30.5 Å². The SMILES string of the molecule is CON(C(=O)OC(C)CCCO)c1ccc(-c2nc(C3CCC(N4CCN(C)CC4)CC3)n3ccnc(C)c23)cc1. The van der Waals surface area contributed by atoms with E-state index in [-0.39, 0.29) is 12.7 Å². The number of nitrogens with zero attached hydrogens (tertiary/aromatic N) is 6. The van der Waals surface area contributed by atoms with Crippen molar-refractivity contribution in [1.82, 2.24) is 24.2 Å². The number of aliphatic hydroxyl groups excluding tert-OH is 1. The summed E-state index contributed by atoms with van der Waals surface area (Å²) in [5.41, 5.74) is 4.40. The Morgan fingerprint density at radius 3 is 2.49 bits per heavy atom. The van der Waals surface area contributed by atoms with Gasteiger partial charge in [0.2, 0.25) is 0 Å². The lowest BCUT2D eigenvalue weighted by atomic mass is 9.84. The molecule has 5 rings (SSSR count). The summed E-state index contributed by atoms with van der Waals surface area (Å²) in [6.07, 6.45) is 8.83. The molecule has 0 radical (unpaired) electrons. The van der Waals surface area contributed by atoms with Gasteiger partial charge in [-0.2, -0.15) is 5.06 Å². The second-order valence-corrected chi connectivity index (χ2v) is 11.5. The van der Waals surface area contributed by atoms with Crippen LogP contribution >= 0.6 is 0 Å². The highest BCUT2D eigenvalue weighted by molar-refractivity contribution is 5.87. The standard InChI is InChI=1S/C31H44N6O4/c1-22(6-5-21-38)41-31(39)37(40-4)27-13-7-24(8-14-27)28-29-23(2)32-15-16-36(29)30(33-28)25-9-11-26(12-10-25)35-19-17-34(3)18-20-35/h7-8,13-16,22,25-26,38H,5-6,9-12,17-21H2,1-4H3. The molecular formula is C31H44N6O4. The molecule has 3 heterocycles. The van der Waals surface area contributed by atoms with Crippen LogP contribution in [0, 0.1) is 6.92 Å². The number of ether oxygens (including phenoxy) is 1. The minimum atomic E-state index is -0.590. The van der Waals surface area contributed by atoms with Gasteiger partial charge in [-0.3, -0.25) is 19.1 Å². The van der Waals surface area contributed by atoms with E-state index < -0.39 is 6.09 Å². The number of aryl methyl sites for hydroxylation is 1. The molecule has 2 aromatic heterocycles. The van der Waals surface area contributed by atoms with Gasteiger partial charge in [-0.15, -0.1) is 0 Å². The highest BCUT2D eigenvalue weighted by Gasteiger charge is 2.31. The number of carbonyl (C=O) groups excluding carboxylic acids is 1. The Morgan fingerprint density at radius 1 is 1.12 bits per heavy atom. The molecule has 10 nitrogen and oxygen atoms in total. The van der Waals surface area contributed by atoms with Crippen molar-refractivity contribution >= 4 is 17.3 Å². The monoisotopic (exact) mass is 564 g/mol. The third kappa shape index (κ3) is 6.56. The normalized spacial score (nSPS) is 21.2. The smallest absolute Gasteiger partial charge is 0.439 e. The van der Waals surface area contributed by atoms with Crippen molar-refractivity contribution < 1.29 is 19.5 Å². The van der Waals surface area contributed by atoms with Crippen LogP contribution in [0.15, 0.2) is 36.7 Å². The van der Waals surface area contributed by atoms with Gasteiger partial charge in [0.15, 0.2) is 0 Å². The Kier molecular flexibility index (Phi) is 9.54. The molecule has 1 saturated heterocycles. The van der Waals surface area contributed by atoms with E-state index in [1.807, 2.05) is 43.6 Å². The quantitative estimate of drug-likeness (QED) is 0.376. The molecule has 1 amide bonds. The molecule has 0 spiro atoms. The first-order valence-electron chi connectivity index (χ1n) is 14.9. The summed E-state index contributed by atoms with van der Waals surface area (Å²) in [4.78, 5) is 33.0. The number of amides is 1. The lowest BCUT2D eigenvalue weighted by molar-refractivity contribution is 0.0679. The van der Waals surface area contributed by atoms with Crippen LogP contribution in [0.4, 0.5) is 10.5 Å². The van der Waals surface area contributed by atoms with Crippen LogP contribution in [0.2, 0.25) is 0 Å². The van der Waals surface area contributed by atoms with Crippen LogP contribution in [0.25, 0.3) is 16.8 Å². The average molecular weight is 565 g/mol. The third-order valence-electron chi connectivity index (χ3n) is 8.68. The first-order chi connectivity index (χ1) is 19.9. The Hall–Kier alpha value is -3.05. The predicted octanol–water partition coefficient (Wildman–Crippen LogP) is 4.64. The lowest BCUT2D eigenvalue weighted by Gasteiger charge is -2.41. The first kappa shape index (κ1) is 29.4. The van der Waals surface area contributed by atoms with E-state index in [2.05, 4.69) is 26.2 Å². The van der Waals surface area contributed by atoms with Crippen molar-refractivity contribution in [2.75, 3.05) is 52.0 Å². The summed E-state index contributed by atoms with van der Waals surface area (Å²) >= 11 is 0. The maximum atomic E-state index is 12.7. The van der Waals surface area contributed by atoms with Gasteiger partial charge in [0.25, 0.3) is 0 Å². The molecule has 2 fully saturated rings. The second kappa shape index (κ2) is 13.3. The van der Waals surface area contributed by atoms with Crippen LogP contribution in [0.1, 0.15) is 62.9 Å². The topological polar surface area (TPSA) is 95.7 Å². The summed E-state index contributed by atoms with van der Waals surface area (Å²) < 4.78 is 7.73. The predicted molar refractivity (Wildman–Crippen MR) is 159 cm³/mol. The van der Waals surface area contributed by atoms with Gasteiger partial charge in [0.05, 0.1) is 29.7 Å². The molecule has 3 aromatic rings. The molecule has 222 valence electrons. The van der Waals surface area contributed by atoms with Crippen molar-refractivity contribution in [2.45, 2.75) is 70.4 Å². The number of anilines is 1. The van der Waals surface area contributed by atoms with Gasteiger partial charge in [-0.1, -0.05) is 12.1 Å². The molecule has 1 saturated carbocycles. The van der Waals surface area contributed by atoms with Gasteiger partial charge < -0.3 is 14.7 Å². The molecule has 1 N–H and O–H groups in total. The van der Waals surface area contributed by atoms with E-state index in [9.17, 15) is 4.79 Å². The molecule has 1 unspecified atom stereocenters. The number of imidazole rings is 1. The average Bonchev–Trinajstić information content (AvgIpc) is 3.38. The first-order valence-corrected chi connectivity index (χ1v) is 14.9. The van der Waals surface area contributed by atoms with Gasteiger partial charge in [-0.05, 0) is 71.6 Å². The van der Waals surface area contributed by atoms with E-state index in [0.717, 1.165) is 59.3 Å².